The molecule has 0 atom stereocenters. The van der Waals surface area contributed by atoms with Crippen LogP contribution in [0.25, 0.3) is 0 Å². The number of pyridine rings is 1. The van der Waals surface area contributed by atoms with Crippen LogP contribution in [-0.4, -0.2) is 34.8 Å². The fraction of sp³-hybridized carbons (Fsp3) is 0.273. The number of sulfonamides is 1. The molecule has 0 aliphatic rings. The normalized spacial score (nSPS) is 11.9. The molecular weight excluding hydrogens is 286 g/mol. The average molecular weight is 299 g/mol. The average Bonchev–Trinajstić information content (AvgIpc) is 2.91. The summed E-state index contributed by atoms with van der Waals surface area (Å²) in [6, 6.07) is 2.93. The Labute approximate surface area is 115 Å². The number of hydrogen-bond acceptors (Lipinski definition) is 6. The van der Waals surface area contributed by atoms with Gasteiger partial charge in [-0.2, -0.15) is 4.31 Å². The molecule has 0 aliphatic heterocycles. The van der Waals surface area contributed by atoms with Crippen LogP contribution in [0.15, 0.2) is 34.2 Å². The molecule has 0 aliphatic carbocycles. The molecular formula is C11H13N3O3S2. The van der Waals surface area contributed by atoms with Crippen LogP contribution in [0.5, 0.6) is 0 Å². The van der Waals surface area contributed by atoms with E-state index < -0.39 is 10.0 Å². The van der Waals surface area contributed by atoms with Crippen molar-refractivity contribution >= 4 is 21.4 Å². The first-order valence-corrected chi connectivity index (χ1v) is 7.81. The van der Waals surface area contributed by atoms with Gasteiger partial charge >= 0.3 is 0 Å². The molecule has 19 heavy (non-hydrogen) atoms. The van der Waals surface area contributed by atoms with Gasteiger partial charge in [-0.1, -0.05) is 6.07 Å². The zero-order chi connectivity index (χ0) is 13.9. The van der Waals surface area contributed by atoms with Gasteiger partial charge in [-0.05, 0) is 11.6 Å². The number of aliphatic hydroxyl groups excluding tert-OH is 1. The van der Waals surface area contributed by atoms with E-state index in [2.05, 4.69) is 9.97 Å². The number of aliphatic hydroxyl groups is 1. The Hall–Kier alpha value is -1.35. The summed E-state index contributed by atoms with van der Waals surface area (Å²) in [4.78, 5) is 7.91. The lowest BCUT2D eigenvalue weighted by Crippen LogP contribution is -2.27. The summed E-state index contributed by atoms with van der Waals surface area (Å²) in [5.74, 6) is 0. The molecule has 0 aromatic carbocycles. The molecule has 2 aromatic rings. The van der Waals surface area contributed by atoms with Crippen molar-refractivity contribution in [3.05, 3.63) is 40.5 Å². The van der Waals surface area contributed by atoms with Gasteiger partial charge < -0.3 is 5.11 Å². The maximum atomic E-state index is 12.2. The van der Waals surface area contributed by atoms with Crippen molar-refractivity contribution < 1.29 is 13.5 Å². The number of rotatable bonds is 5. The van der Waals surface area contributed by atoms with Gasteiger partial charge in [0.25, 0.3) is 10.0 Å². The van der Waals surface area contributed by atoms with Crippen LogP contribution >= 0.6 is 11.3 Å². The first kappa shape index (κ1) is 14.1. The molecule has 0 saturated heterocycles. The minimum absolute atomic E-state index is 0.0394. The Morgan fingerprint density at radius 2 is 2.16 bits per heavy atom. The van der Waals surface area contributed by atoms with E-state index in [9.17, 15) is 8.42 Å². The zero-order valence-electron chi connectivity index (χ0n) is 10.2. The number of hydrogen-bond donors (Lipinski definition) is 1. The maximum absolute atomic E-state index is 12.2. The largest absolute Gasteiger partial charge is 0.392 e. The van der Waals surface area contributed by atoms with E-state index in [-0.39, 0.29) is 18.2 Å². The topological polar surface area (TPSA) is 83.4 Å². The molecule has 0 fully saturated rings. The van der Waals surface area contributed by atoms with Crippen molar-refractivity contribution in [2.75, 3.05) is 7.05 Å². The first-order chi connectivity index (χ1) is 9.04. The Bertz CT molecular complexity index is 624. The summed E-state index contributed by atoms with van der Waals surface area (Å²) in [5.41, 5.74) is 2.92. The highest BCUT2D eigenvalue weighted by Gasteiger charge is 2.22. The van der Waals surface area contributed by atoms with Gasteiger partial charge in [-0.15, -0.1) is 11.3 Å². The van der Waals surface area contributed by atoms with Crippen LogP contribution in [0.4, 0.5) is 0 Å². The predicted molar refractivity (Wildman–Crippen MR) is 70.9 cm³/mol. The zero-order valence-corrected chi connectivity index (χ0v) is 11.9. The van der Waals surface area contributed by atoms with Crippen LogP contribution in [0.2, 0.25) is 0 Å². The fourth-order valence-corrected chi connectivity index (χ4v) is 3.04. The highest BCUT2D eigenvalue weighted by molar-refractivity contribution is 7.89. The quantitative estimate of drug-likeness (QED) is 0.885. The Kier molecular flexibility index (Phi) is 4.25. The summed E-state index contributed by atoms with van der Waals surface area (Å²) < 4.78 is 25.7. The van der Waals surface area contributed by atoms with Gasteiger partial charge in [0.15, 0.2) is 5.03 Å². The monoisotopic (exact) mass is 299 g/mol. The van der Waals surface area contributed by atoms with Crippen LogP contribution in [0, 0.1) is 0 Å². The molecule has 0 saturated carbocycles. The summed E-state index contributed by atoms with van der Waals surface area (Å²) in [7, 11) is -2.15. The van der Waals surface area contributed by atoms with Crippen LogP contribution in [-0.2, 0) is 23.2 Å². The lowest BCUT2D eigenvalue weighted by Gasteiger charge is -2.15. The Balaban J connectivity index is 2.20. The van der Waals surface area contributed by atoms with Gasteiger partial charge in [-0.25, -0.2) is 18.4 Å². The summed E-state index contributed by atoms with van der Waals surface area (Å²) in [5, 5.41) is 10.7. The molecule has 0 bridgehead atoms. The first-order valence-electron chi connectivity index (χ1n) is 5.43. The third-order valence-electron chi connectivity index (χ3n) is 2.52. The van der Waals surface area contributed by atoms with E-state index in [1.165, 1.54) is 41.0 Å². The summed E-state index contributed by atoms with van der Waals surface area (Å²) in [6.07, 6.45) is 1.35. The van der Waals surface area contributed by atoms with Crippen LogP contribution in [0.3, 0.4) is 0 Å². The molecule has 102 valence electrons. The van der Waals surface area contributed by atoms with Crippen molar-refractivity contribution in [1.29, 1.82) is 0 Å². The van der Waals surface area contributed by atoms with Crippen molar-refractivity contribution in [1.82, 2.24) is 14.3 Å². The molecule has 2 aromatic heterocycles. The highest BCUT2D eigenvalue weighted by Crippen LogP contribution is 2.15. The maximum Gasteiger partial charge on any atom is 0.260 e. The van der Waals surface area contributed by atoms with Crippen LogP contribution in [0.1, 0.15) is 11.3 Å². The third kappa shape index (κ3) is 3.16. The Morgan fingerprint density at radius 3 is 2.68 bits per heavy atom. The molecule has 2 rings (SSSR count). The minimum Gasteiger partial charge on any atom is -0.392 e. The summed E-state index contributed by atoms with van der Waals surface area (Å²) in [6.45, 7) is 0.0389. The number of aromatic nitrogens is 2. The molecule has 8 heteroatoms. The summed E-state index contributed by atoms with van der Waals surface area (Å²) >= 11 is 1.42. The van der Waals surface area contributed by atoms with Gasteiger partial charge in [-0.3, -0.25) is 0 Å². The van der Waals surface area contributed by atoms with Gasteiger partial charge in [0.1, 0.15) is 0 Å². The van der Waals surface area contributed by atoms with Crippen molar-refractivity contribution in [2.45, 2.75) is 18.2 Å². The van der Waals surface area contributed by atoms with E-state index in [0.29, 0.717) is 11.3 Å². The second-order valence-corrected chi connectivity index (χ2v) is 6.61. The molecule has 0 unspecified atom stereocenters. The molecule has 2 heterocycles. The molecule has 6 nitrogen and oxygen atoms in total. The molecule has 0 spiro atoms. The van der Waals surface area contributed by atoms with Crippen molar-refractivity contribution in [3.63, 3.8) is 0 Å². The fourth-order valence-electron chi connectivity index (χ4n) is 1.45. The van der Waals surface area contributed by atoms with Gasteiger partial charge in [0, 0.05) is 18.6 Å². The second-order valence-electron chi connectivity index (χ2n) is 3.90. The van der Waals surface area contributed by atoms with Gasteiger partial charge in [0.05, 0.1) is 24.4 Å². The minimum atomic E-state index is -3.63. The van der Waals surface area contributed by atoms with E-state index in [1.807, 2.05) is 0 Å². The SMILES string of the molecule is CN(Cc1cscn1)S(=O)(=O)c1ccc(CO)cn1. The van der Waals surface area contributed by atoms with E-state index >= 15 is 0 Å². The van der Waals surface area contributed by atoms with E-state index in [1.54, 1.807) is 10.9 Å². The lowest BCUT2D eigenvalue weighted by atomic mass is 10.3. The van der Waals surface area contributed by atoms with E-state index in [0.717, 1.165) is 0 Å². The van der Waals surface area contributed by atoms with Gasteiger partial charge in [0.2, 0.25) is 0 Å². The van der Waals surface area contributed by atoms with Crippen molar-refractivity contribution in [3.8, 4) is 0 Å². The molecule has 1 N–H and O–H groups in total. The van der Waals surface area contributed by atoms with Crippen LogP contribution < -0.4 is 0 Å². The lowest BCUT2D eigenvalue weighted by molar-refractivity contribution is 0.281. The number of thiazole rings is 1. The number of nitrogens with zero attached hydrogens (tertiary/aromatic N) is 3. The predicted octanol–water partition coefficient (Wildman–Crippen LogP) is 0.851. The smallest absolute Gasteiger partial charge is 0.260 e. The van der Waals surface area contributed by atoms with Crippen molar-refractivity contribution in [2.24, 2.45) is 0 Å². The third-order valence-corrected chi connectivity index (χ3v) is 4.88. The highest BCUT2D eigenvalue weighted by atomic mass is 32.2. The van der Waals surface area contributed by atoms with E-state index in [4.69, 9.17) is 5.11 Å². The second kappa shape index (κ2) is 5.74. The Morgan fingerprint density at radius 1 is 1.37 bits per heavy atom. The molecule has 0 radical (unpaired) electrons. The standard InChI is InChI=1S/C11H13N3O3S2/c1-14(5-10-7-18-8-13-10)19(16,17)11-3-2-9(6-15)4-12-11/h2-4,7-8,15H,5-6H2,1H3. The molecule has 0 amide bonds.